The quantitative estimate of drug-likeness (QED) is 0.683. The van der Waals surface area contributed by atoms with Gasteiger partial charge in [0, 0.05) is 15.9 Å². The molecule has 1 aromatic carbocycles. The van der Waals surface area contributed by atoms with E-state index in [1.165, 1.54) is 10.9 Å². The number of benzene rings is 1. The number of nitrogens with one attached hydrogen (secondary N) is 1. The predicted molar refractivity (Wildman–Crippen MR) is 95.4 cm³/mol. The molecule has 1 aliphatic heterocycles. The molecule has 0 spiro atoms. The Bertz CT molecular complexity index is 677. The first kappa shape index (κ1) is 16.5. The topological polar surface area (TPSA) is 32.3 Å². The van der Waals surface area contributed by atoms with Crippen LogP contribution < -0.4 is 5.32 Å². The fraction of sp³-hybridized carbons (Fsp3) is 0.353. The summed E-state index contributed by atoms with van der Waals surface area (Å²) in [4.78, 5) is 15.7. The zero-order valence-corrected chi connectivity index (χ0v) is 15.0. The Morgan fingerprint density at radius 3 is 2.91 bits per heavy atom. The van der Waals surface area contributed by atoms with Gasteiger partial charge in [-0.25, -0.2) is 9.18 Å². The van der Waals surface area contributed by atoms with Crippen molar-refractivity contribution in [3.05, 3.63) is 50.9 Å². The number of carbonyl (C=O) groups excluding carboxylic acids is 1. The Morgan fingerprint density at radius 1 is 1.30 bits per heavy atom. The summed E-state index contributed by atoms with van der Waals surface area (Å²) < 4.78 is 14.6. The van der Waals surface area contributed by atoms with Gasteiger partial charge in [0.05, 0.1) is 11.7 Å². The van der Waals surface area contributed by atoms with Gasteiger partial charge in [-0.15, -0.1) is 11.3 Å². The minimum atomic E-state index is -0.435. The van der Waals surface area contributed by atoms with Crippen molar-refractivity contribution in [1.82, 2.24) is 4.90 Å². The molecule has 0 radical (unpaired) electrons. The van der Waals surface area contributed by atoms with Crippen molar-refractivity contribution >= 4 is 39.0 Å². The van der Waals surface area contributed by atoms with Gasteiger partial charge in [0.15, 0.2) is 0 Å². The number of thiophene rings is 1. The standard InChI is InChI=1S/C17H18BrFN2OS/c18-12-7-8-14(13(19)11-12)20-17(22)21-9-3-1-2-5-15(21)16-6-4-10-23-16/h4,6-8,10-11,15H,1-3,5,9H2,(H,20,22). The molecule has 2 amide bonds. The Balaban J connectivity index is 1.80. The lowest BCUT2D eigenvalue weighted by atomic mass is 10.1. The molecule has 0 bridgehead atoms. The number of hydrogen-bond donors (Lipinski definition) is 1. The third-order valence-corrected chi connectivity index (χ3v) is 5.52. The lowest BCUT2D eigenvalue weighted by Crippen LogP contribution is -2.38. The van der Waals surface area contributed by atoms with E-state index in [1.807, 2.05) is 16.3 Å². The number of rotatable bonds is 2. The Hall–Kier alpha value is -1.40. The average Bonchev–Trinajstić information content (AvgIpc) is 2.94. The largest absolute Gasteiger partial charge is 0.322 e. The van der Waals surface area contributed by atoms with Crippen LogP contribution in [0.15, 0.2) is 40.2 Å². The molecule has 0 aliphatic carbocycles. The molecule has 122 valence electrons. The molecule has 2 heterocycles. The highest BCUT2D eigenvalue weighted by Gasteiger charge is 2.27. The summed E-state index contributed by atoms with van der Waals surface area (Å²) in [5.74, 6) is -0.435. The molecule has 1 saturated heterocycles. The molecular weight excluding hydrogens is 379 g/mol. The van der Waals surface area contributed by atoms with E-state index < -0.39 is 5.82 Å². The summed E-state index contributed by atoms with van der Waals surface area (Å²) in [6.07, 6.45) is 4.17. The van der Waals surface area contributed by atoms with E-state index in [2.05, 4.69) is 27.3 Å². The molecular formula is C17H18BrFN2OS. The van der Waals surface area contributed by atoms with Crippen molar-refractivity contribution in [2.75, 3.05) is 11.9 Å². The van der Waals surface area contributed by atoms with E-state index in [-0.39, 0.29) is 17.8 Å². The maximum absolute atomic E-state index is 14.0. The monoisotopic (exact) mass is 396 g/mol. The van der Waals surface area contributed by atoms with Crippen LogP contribution in [0.2, 0.25) is 0 Å². The lowest BCUT2D eigenvalue weighted by Gasteiger charge is -2.29. The van der Waals surface area contributed by atoms with E-state index >= 15 is 0 Å². The van der Waals surface area contributed by atoms with Gasteiger partial charge in [0.1, 0.15) is 5.82 Å². The van der Waals surface area contributed by atoms with Gasteiger partial charge in [-0.2, -0.15) is 0 Å². The van der Waals surface area contributed by atoms with Crippen LogP contribution in [-0.2, 0) is 0 Å². The third kappa shape index (κ3) is 3.93. The maximum Gasteiger partial charge on any atom is 0.322 e. The SMILES string of the molecule is O=C(Nc1ccc(Br)cc1F)N1CCCCCC1c1cccs1. The minimum Gasteiger partial charge on any atom is -0.317 e. The summed E-state index contributed by atoms with van der Waals surface area (Å²) >= 11 is 4.89. The van der Waals surface area contributed by atoms with Crippen molar-refractivity contribution in [2.45, 2.75) is 31.7 Å². The van der Waals surface area contributed by atoms with Gasteiger partial charge in [0.2, 0.25) is 0 Å². The second-order valence-electron chi connectivity index (χ2n) is 5.63. The average molecular weight is 397 g/mol. The van der Waals surface area contributed by atoms with Gasteiger partial charge < -0.3 is 10.2 Å². The lowest BCUT2D eigenvalue weighted by molar-refractivity contribution is 0.190. The molecule has 1 atom stereocenters. The minimum absolute atomic E-state index is 0.0796. The van der Waals surface area contributed by atoms with Gasteiger partial charge in [-0.1, -0.05) is 34.8 Å². The van der Waals surface area contributed by atoms with Crippen molar-refractivity contribution in [1.29, 1.82) is 0 Å². The molecule has 1 aliphatic rings. The van der Waals surface area contributed by atoms with Crippen molar-refractivity contribution < 1.29 is 9.18 Å². The second kappa shape index (κ2) is 7.45. The number of carbonyl (C=O) groups is 1. The molecule has 1 N–H and O–H groups in total. The molecule has 3 nitrogen and oxygen atoms in total. The van der Waals surface area contributed by atoms with Crippen molar-refractivity contribution in [2.24, 2.45) is 0 Å². The van der Waals surface area contributed by atoms with Crippen LogP contribution >= 0.6 is 27.3 Å². The summed E-state index contributed by atoms with van der Waals surface area (Å²) in [6.45, 7) is 0.701. The highest BCUT2D eigenvalue weighted by atomic mass is 79.9. The van der Waals surface area contributed by atoms with E-state index in [4.69, 9.17) is 0 Å². The molecule has 2 aromatic rings. The van der Waals surface area contributed by atoms with Crippen LogP contribution in [0.4, 0.5) is 14.9 Å². The zero-order valence-electron chi connectivity index (χ0n) is 12.6. The summed E-state index contributed by atoms with van der Waals surface area (Å²) in [5, 5.41) is 4.76. The molecule has 23 heavy (non-hydrogen) atoms. The summed E-state index contributed by atoms with van der Waals surface area (Å²) in [6, 6.07) is 8.58. The third-order valence-electron chi connectivity index (χ3n) is 4.06. The van der Waals surface area contributed by atoms with Crippen LogP contribution in [0.1, 0.15) is 36.6 Å². The highest BCUT2D eigenvalue weighted by molar-refractivity contribution is 9.10. The number of anilines is 1. The summed E-state index contributed by atoms with van der Waals surface area (Å²) in [5.41, 5.74) is 0.215. The first-order valence-corrected chi connectivity index (χ1v) is 9.38. The van der Waals surface area contributed by atoms with Gasteiger partial charge in [-0.3, -0.25) is 0 Å². The molecule has 1 unspecified atom stereocenters. The Labute approximate surface area is 147 Å². The predicted octanol–water partition coefficient (Wildman–Crippen LogP) is 5.80. The number of halogens is 2. The van der Waals surface area contributed by atoms with Crippen LogP contribution in [0, 0.1) is 5.82 Å². The van der Waals surface area contributed by atoms with Crippen LogP contribution in [-0.4, -0.2) is 17.5 Å². The van der Waals surface area contributed by atoms with E-state index in [9.17, 15) is 9.18 Å². The number of nitrogens with zero attached hydrogens (tertiary/aromatic N) is 1. The highest BCUT2D eigenvalue weighted by Crippen LogP contribution is 2.33. The Morgan fingerprint density at radius 2 is 2.17 bits per heavy atom. The van der Waals surface area contributed by atoms with Gasteiger partial charge in [-0.05, 0) is 42.5 Å². The van der Waals surface area contributed by atoms with Crippen molar-refractivity contribution in [3.8, 4) is 0 Å². The van der Waals surface area contributed by atoms with Gasteiger partial charge in [0.25, 0.3) is 0 Å². The van der Waals surface area contributed by atoms with E-state index in [0.29, 0.717) is 11.0 Å². The first-order chi connectivity index (χ1) is 11.1. The smallest absolute Gasteiger partial charge is 0.317 e. The van der Waals surface area contributed by atoms with Gasteiger partial charge >= 0.3 is 6.03 Å². The molecule has 6 heteroatoms. The van der Waals surface area contributed by atoms with Crippen LogP contribution in [0.25, 0.3) is 0 Å². The first-order valence-electron chi connectivity index (χ1n) is 7.71. The number of likely N-dealkylation sites (tertiary alicyclic amines) is 1. The zero-order chi connectivity index (χ0) is 16.2. The number of urea groups is 1. The maximum atomic E-state index is 14.0. The molecule has 3 rings (SSSR count). The van der Waals surface area contributed by atoms with Crippen LogP contribution in [0.5, 0.6) is 0 Å². The number of amides is 2. The fourth-order valence-corrected chi connectivity index (χ4v) is 4.11. The van der Waals surface area contributed by atoms with E-state index in [1.54, 1.807) is 23.5 Å². The normalized spacial score (nSPS) is 18.5. The number of hydrogen-bond acceptors (Lipinski definition) is 2. The van der Waals surface area contributed by atoms with Crippen molar-refractivity contribution in [3.63, 3.8) is 0 Å². The molecule has 0 saturated carbocycles. The second-order valence-corrected chi connectivity index (χ2v) is 7.52. The Kier molecular flexibility index (Phi) is 5.33. The van der Waals surface area contributed by atoms with Crippen LogP contribution in [0.3, 0.4) is 0 Å². The fourth-order valence-electron chi connectivity index (χ4n) is 2.91. The molecule has 1 fully saturated rings. The van der Waals surface area contributed by atoms with E-state index in [0.717, 1.165) is 25.7 Å². The molecule has 1 aromatic heterocycles. The summed E-state index contributed by atoms with van der Waals surface area (Å²) in [7, 11) is 0.